The van der Waals surface area contributed by atoms with Gasteiger partial charge in [-0.15, -0.1) is 5.10 Å². The molecule has 2 aromatic carbocycles. The third-order valence-corrected chi connectivity index (χ3v) is 5.18. The molecule has 1 N–H and O–H groups in total. The molecule has 150 valence electrons. The third-order valence-electron chi connectivity index (χ3n) is 4.25. The normalized spacial score (nSPS) is 10.8. The second-order valence-corrected chi connectivity index (χ2v) is 7.57. The van der Waals surface area contributed by atoms with Gasteiger partial charge in [-0.3, -0.25) is 9.59 Å². The van der Waals surface area contributed by atoms with Crippen LogP contribution in [-0.2, 0) is 11.3 Å². The van der Waals surface area contributed by atoms with Crippen LogP contribution in [0.2, 0.25) is 0 Å². The van der Waals surface area contributed by atoms with Gasteiger partial charge in [0.15, 0.2) is 11.4 Å². The topological polar surface area (TPSA) is 98.4 Å². The standard InChI is InChI=1S/C21H17N5O3S/c1-14(27)15-7-9-16(10-8-15)22-19(28)13-25-21(29)26-18(23-25)11-12-20(24-26)30-17-5-3-2-4-6-17/h2-12H,13H2,1H3,(H,22,28). The zero-order chi connectivity index (χ0) is 21.1. The number of carbonyl (C=O) groups is 2. The lowest BCUT2D eigenvalue weighted by atomic mass is 10.1. The molecule has 0 radical (unpaired) electrons. The maximum Gasteiger partial charge on any atom is 0.367 e. The number of Topliss-reactive ketones (excluding diaryl/α,β-unsaturated/α-hetero) is 1. The zero-order valence-corrected chi connectivity index (χ0v) is 16.8. The molecule has 0 unspecified atom stereocenters. The van der Waals surface area contributed by atoms with E-state index >= 15 is 0 Å². The summed E-state index contributed by atoms with van der Waals surface area (Å²) in [6, 6.07) is 19.7. The van der Waals surface area contributed by atoms with Crippen molar-refractivity contribution in [2.75, 3.05) is 5.32 Å². The zero-order valence-electron chi connectivity index (χ0n) is 16.0. The van der Waals surface area contributed by atoms with Crippen LogP contribution in [0.25, 0.3) is 5.65 Å². The van der Waals surface area contributed by atoms with E-state index in [4.69, 9.17) is 0 Å². The number of benzene rings is 2. The van der Waals surface area contributed by atoms with E-state index < -0.39 is 11.6 Å². The highest BCUT2D eigenvalue weighted by Gasteiger charge is 2.13. The Hall–Kier alpha value is -3.72. The fourth-order valence-corrected chi connectivity index (χ4v) is 3.58. The van der Waals surface area contributed by atoms with Crippen molar-refractivity contribution >= 4 is 34.8 Å². The molecule has 0 bridgehead atoms. The summed E-state index contributed by atoms with van der Waals surface area (Å²) in [4.78, 5) is 37.3. The molecule has 2 heterocycles. The van der Waals surface area contributed by atoms with Crippen LogP contribution in [-0.4, -0.2) is 31.1 Å². The quantitative estimate of drug-likeness (QED) is 0.483. The van der Waals surface area contributed by atoms with Gasteiger partial charge in [0, 0.05) is 16.1 Å². The minimum Gasteiger partial charge on any atom is -0.324 e. The Kier molecular flexibility index (Phi) is 5.44. The molecule has 8 nitrogen and oxygen atoms in total. The molecule has 30 heavy (non-hydrogen) atoms. The molecule has 4 aromatic rings. The molecule has 0 atom stereocenters. The van der Waals surface area contributed by atoms with Gasteiger partial charge in [0.25, 0.3) is 0 Å². The Labute approximate surface area is 175 Å². The van der Waals surface area contributed by atoms with E-state index in [0.717, 1.165) is 9.58 Å². The molecule has 0 fully saturated rings. The molecular formula is C21H17N5O3S. The van der Waals surface area contributed by atoms with Gasteiger partial charge in [0.1, 0.15) is 11.6 Å². The predicted octanol–water partition coefficient (Wildman–Crippen LogP) is 2.88. The first-order valence-corrected chi connectivity index (χ1v) is 9.92. The molecule has 1 amide bonds. The predicted molar refractivity (Wildman–Crippen MR) is 113 cm³/mol. The lowest BCUT2D eigenvalue weighted by molar-refractivity contribution is -0.117. The van der Waals surface area contributed by atoms with E-state index in [-0.39, 0.29) is 12.3 Å². The van der Waals surface area contributed by atoms with Crippen LogP contribution in [0.1, 0.15) is 17.3 Å². The van der Waals surface area contributed by atoms with E-state index in [0.29, 0.717) is 21.9 Å². The van der Waals surface area contributed by atoms with Gasteiger partial charge >= 0.3 is 5.69 Å². The van der Waals surface area contributed by atoms with Crippen LogP contribution >= 0.6 is 11.8 Å². The summed E-state index contributed by atoms with van der Waals surface area (Å²) < 4.78 is 2.25. The van der Waals surface area contributed by atoms with Crippen molar-refractivity contribution in [3.8, 4) is 0 Å². The summed E-state index contributed by atoms with van der Waals surface area (Å²) in [6.07, 6.45) is 0. The number of rotatable bonds is 6. The monoisotopic (exact) mass is 419 g/mol. The summed E-state index contributed by atoms with van der Waals surface area (Å²) >= 11 is 1.43. The smallest absolute Gasteiger partial charge is 0.324 e. The van der Waals surface area contributed by atoms with Crippen molar-refractivity contribution in [2.45, 2.75) is 23.4 Å². The van der Waals surface area contributed by atoms with Gasteiger partial charge in [0.05, 0.1) is 0 Å². The van der Waals surface area contributed by atoms with Crippen molar-refractivity contribution in [3.63, 3.8) is 0 Å². The van der Waals surface area contributed by atoms with Crippen molar-refractivity contribution in [3.05, 3.63) is 82.8 Å². The maximum absolute atomic E-state index is 12.6. The van der Waals surface area contributed by atoms with Crippen molar-refractivity contribution in [2.24, 2.45) is 0 Å². The van der Waals surface area contributed by atoms with E-state index in [9.17, 15) is 14.4 Å². The minimum atomic E-state index is -0.498. The first-order chi connectivity index (χ1) is 14.5. The Bertz CT molecular complexity index is 1280. The molecule has 0 saturated heterocycles. The lowest BCUT2D eigenvalue weighted by Gasteiger charge is -2.05. The summed E-state index contributed by atoms with van der Waals surface area (Å²) in [7, 11) is 0. The summed E-state index contributed by atoms with van der Waals surface area (Å²) in [5.41, 5.74) is 0.944. The first-order valence-electron chi connectivity index (χ1n) is 9.10. The molecule has 4 rings (SSSR count). The molecule has 0 aliphatic carbocycles. The number of nitrogens with zero attached hydrogens (tertiary/aromatic N) is 4. The average Bonchev–Trinajstić information content (AvgIpc) is 3.04. The minimum absolute atomic E-state index is 0.0542. The molecular weight excluding hydrogens is 402 g/mol. The number of fused-ring (bicyclic) bond motifs is 1. The van der Waals surface area contributed by atoms with Crippen LogP contribution in [0.15, 0.2) is 81.4 Å². The Morgan fingerprint density at radius 3 is 2.40 bits per heavy atom. The number of anilines is 1. The molecule has 0 saturated carbocycles. The van der Waals surface area contributed by atoms with Crippen LogP contribution in [0.4, 0.5) is 5.69 Å². The molecule has 0 aliphatic rings. The maximum atomic E-state index is 12.6. The number of amides is 1. The fraction of sp³-hybridized carbons (Fsp3) is 0.0952. The summed E-state index contributed by atoms with van der Waals surface area (Å²) in [5.74, 6) is -0.462. The van der Waals surface area contributed by atoms with Crippen LogP contribution in [0.5, 0.6) is 0 Å². The number of hydrogen-bond donors (Lipinski definition) is 1. The Morgan fingerprint density at radius 2 is 1.70 bits per heavy atom. The second kappa shape index (κ2) is 8.34. The van der Waals surface area contributed by atoms with Gasteiger partial charge in [0.2, 0.25) is 5.91 Å². The summed E-state index contributed by atoms with van der Waals surface area (Å²) in [5, 5.41) is 11.8. The Morgan fingerprint density at radius 1 is 0.967 bits per heavy atom. The third kappa shape index (κ3) is 4.31. The second-order valence-electron chi connectivity index (χ2n) is 6.48. The highest BCUT2D eigenvalue weighted by Crippen LogP contribution is 2.25. The van der Waals surface area contributed by atoms with Crippen LogP contribution in [0, 0.1) is 0 Å². The molecule has 0 spiro atoms. The van der Waals surface area contributed by atoms with Crippen molar-refractivity contribution < 1.29 is 9.59 Å². The summed E-state index contributed by atoms with van der Waals surface area (Å²) in [6.45, 7) is 1.22. The SMILES string of the molecule is CC(=O)c1ccc(NC(=O)Cn2nc3ccc(Sc4ccccc4)nn3c2=O)cc1. The molecule has 2 aromatic heterocycles. The highest BCUT2D eigenvalue weighted by atomic mass is 32.2. The highest BCUT2D eigenvalue weighted by molar-refractivity contribution is 7.99. The average molecular weight is 419 g/mol. The fourth-order valence-electron chi connectivity index (χ4n) is 2.78. The van der Waals surface area contributed by atoms with E-state index in [1.54, 1.807) is 36.4 Å². The largest absolute Gasteiger partial charge is 0.367 e. The van der Waals surface area contributed by atoms with Crippen LogP contribution in [0.3, 0.4) is 0 Å². The first kappa shape index (κ1) is 19.6. The number of aromatic nitrogens is 4. The van der Waals surface area contributed by atoms with Gasteiger partial charge in [-0.1, -0.05) is 30.0 Å². The van der Waals surface area contributed by atoms with Gasteiger partial charge in [-0.05, 0) is 55.5 Å². The van der Waals surface area contributed by atoms with Crippen molar-refractivity contribution in [1.29, 1.82) is 0 Å². The molecule has 9 heteroatoms. The number of ketones is 1. The van der Waals surface area contributed by atoms with E-state index in [1.807, 2.05) is 30.3 Å². The van der Waals surface area contributed by atoms with Gasteiger partial charge in [-0.2, -0.15) is 9.61 Å². The lowest BCUT2D eigenvalue weighted by Crippen LogP contribution is -2.28. The van der Waals surface area contributed by atoms with E-state index in [1.165, 1.54) is 23.2 Å². The Balaban J connectivity index is 1.50. The number of nitrogens with one attached hydrogen (secondary N) is 1. The number of carbonyl (C=O) groups excluding carboxylic acids is 2. The number of hydrogen-bond acceptors (Lipinski definition) is 6. The van der Waals surface area contributed by atoms with Gasteiger partial charge in [-0.25, -0.2) is 9.48 Å². The van der Waals surface area contributed by atoms with Gasteiger partial charge < -0.3 is 5.32 Å². The van der Waals surface area contributed by atoms with Crippen molar-refractivity contribution in [1.82, 2.24) is 19.4 Å². The van der Waals surface area contributed by atoms with Crippen LogP contribution < -0.4 is 11.0 Å². The molecule has 0 aliphatic heterocycles. The van der Waals surface area contributed by atoms with E-state index in [2.05, 4.69) is 15.5 Å².